The molecular formula is C16H31NO4. The van der Waals surface area contributed by atoms with Crippen molar-refractivity contribution < 1.29 is 19.4 Å². The number of aliphatic carboxylic acids is 1. The number of hydrogen-bond donors (Lipinski definition) is 1. The Hall–Kier alpha value is -1.07. The Balaban J connectivity index is 4.52. The maximum absolute atomic E-state index is 11.4. The second-order valence-electron chi connectivity index (χ2n) is 5.00. The fraction of sp³-hybridized carbons (Fsp3) is 0.812. The maximum Gasteiger partial charge on any atom is 0.351 e. The minimum atomic E-state index is -0.929. The molecule has 0 aromatic heterocycles. The van der Waals surface area contributed by atoms with E-state index in [1.165, 1.54) is 0 Å². The van der Waals surface area contributed by atoms with Crippen molar-refractivity contribution >= 4 is 5.97 Å². The molecule has 124 valence electrons. The standard InChI is InChI=1S/C16H31NO4/c1-4-7-10-15(16(18)19)17(13-20-11-8-5-2)14-21-12-9-6-3/h10H,4-9,11-14H2,1-3H3,(H,18,19)/b15-10+. The van der Waals surface area contributed by atoms with Crippen LogP contribution < -0.4 is 0 Å². The molecule has 0 rings (SSSR count). The molecule has 0 aliphatic carbocycles. The lowest BCUT2D eigenvalue weighted by atomic mass is 10.2. The third kappa shape index (κ3) is 10.3. The van der Waals surface area contributed by atoms with Crippen molar-refractivity contribution in [3.05, 3.63) is 11.8 Å². The van der Waals surface area contributed by atoms with Gasteiger partial charge in [-0.2, -0.15) is 0 Å². The summed E-state index contributed by atoms with van der Waals surface area (Å²) >= 11 is 0. The first-order chi connectivity index (χ1) is 10.2. The van der Waals surface area contributed by atoms with Gasteiger partial charge in [-0.15, -0.1) is 0 Å². The van der Waals surface area contributed by atoms with Gasteiger partial charge in [0.25, 0.3) is 0 Å². The highest BCUT2D eigenvalue weighted by atomic mass is 16.5. The van der Waals surface area contributed by atoms with E-state index in [2.05, 4.69) is 13.8 Å². The molecule has 0 saturated carbocycles. The molecule has 0 saturated heterocycles. The Labute approximate surface area is 128 Å². The maximum atomic E-state index is 11.4. The van der Waals surface area contributed by atoms with Crippen LogP contribution in [0.2, 0.25) is 0 Å². The second kappa shape index (κ2) is 13.9. The summed E-state index contributed by atoms with van der Waals surface area (Å²) < 4.78 is 11.1. The zero-order valence-corrected chi connectivity index (χ0v) is 13.8. The second-order valence-corrected chi connectivity index (χ2v) is 5.00. The summed E-state index contributed by atoms with van der Waals surface area (Å²) in [4.78, 5) is 13.1. The number of nitrogens with zero attached hydrogens (tertiary/aromatic N) is 1. The van der Waals surface area contributed by atoms with E-state index >= 15 is 0 Å². The molecule has 0 radical (unpaired) electrons. The van der Waals surface area contributed by atoms with Gasteiger partial charge in [0.1, 0.15) is 19.2 Å². The number of carboxylic acid groups (broad SMARTS) is 1. The number of carbonyl (C=O) groups is 1. The highest BCUT2D eigenvalue weighted by Gasteiger charge is 2.16. The lowest BCUT2D eigenvalue weighted by Crippen LogP contribution is -2.32. The van der Waals surface area contributed by atoms with Crippen LogP contribution in [-0.4, -0.2) is 42.7 Å². The Morgan fingerprint density at radius 1 is 1.00 bits per heavy atom. The van der Waals surface area contributed by atoms with Gasteiger partial charge in [0.2, 0.25) is 0 Å². The number of carboxylic acids is 1. The molecule has 0 fully saturated rings. The molecule has 0 aliphatic heterocycles. The summed E-state index contributed by atoms with van der Waals surface area (Å²) in [7, 11) is 0. The summed E-state index contributed by atoms with van der Waals surface area (Å²) in [6.45, 7) is 8.01. The quantitative estimate of drug-likeness (QED) is 0.302. The van der Waals surface area contributed by atoms with Crippen LogP contribution in [-0.2, 0) is 14.3 Å². The summed E-state index contributed by atoms with van der Waals surface area (Å²) in [5.74, 6) is -0.929. The first-order valence-corrected chi connectivity index (χ1v) is 8.01. The molecule has 0 aromatic rings. The van der Waals surface area contributed by atoms with E-state index < -0.39 is 5.97 Å². The first kappa shape index (κ1) is 19.9. The third-order valence-corrected chi connectivity index (χ3v) is 2.96. The largest absolute Gasteiger partial charge is 0.477 e. The average Bonchev–Trinajstić information content (AvgIpc) is 2.47. The van der Waals surface area contributed by atoms with Crippen molar-refractivity contribution in [1.29, 1.82) is 0 Å². The Morgan fingerprint density at radius 3 is 1.90 bits per heavy atom. The molecule has 0 unspecified atom stereocenters. The lowest BCUT2D eigenvalue weighted by Gasteiger charge is -2.24. The smallest absolute Gasteiger partial charge is 0.351 e. The van der Waals surface area contributed by atoms with Crippen LogP contribution in [0.4, 0.5) is 0 Å². The summed E-state index contributed by atoms with van der Waals surface area (Å²) in [6.07, 6.45) is 7.47. The van der Waals surface area contributed by atoms with Crippen LogP contribution in [0.5, 0.6) is 0 Å². The molecule has 0 spiro atoms. The molecule has 5 heteroatoms. The van der Waals surface area contributed by atoms with Gasteiger partial charge in [-0.05, 0) is 19.3 Å². The normalized spacial score (nSPS) is 11.7. The van der Waals surface area contributed by atoms with Crippen molar-refractivity contribution in [2.24, 2.45) is 0 Å². The van der Waals surface area contributed by atoms with Crippen LogP contribution in [0.1, 0.15) is 59.3 Å². The Bertz CT molecular complexity index is 280. The predicted octanol–water partition coefficient (Wildman–Crippen LogP) is 3.61. The highest BCUT2D eigenvalue weighted by molar-refractivity contribution is 5.85. The van der Waals surface area contributed by atoms with Gasteiger partial charge < -0.3 is 19.5 Å². The molecule has 0 aliphatic rings. The Kier molecular flexibility index (Phi) is 13.2. The number of unbranched alkanes of at least 4 members (excludes halogenated alkanes) is 3. The monoisotopic (exact) mass is 301 g/mol. The number of rotatable bonds is 14. The molecular weight excluding hydrogens is 270 g/mol. The first-order valence-electron chi connectivity index (χ1n) is 8.01. The number of allylic oxidation sites excluding steroid dienone is 1. The topological polar surface area (TPSA) is 59.0 Å². The van der Waals surface area contributed by atoms with E-state index in [9.17, 15) is 9.90 Å². The summed E-state index contributed by atoms with van der Waals surface area (Å²) in [6, 6.07) is 0. The van der Waals surface area contributed by atoms with Crippen LogP contribution in [0.3, 0.4) is 0 Å². The zero-order valence-electron chi connectivity index (χ0n) is 13.8. The Morgan fingerprint density at radius 2 is 1.52 bits per heavy atom. The van der Waals surface area contributed by atoms with E-state index in [4.69, 9.17) is 9.47 Å². The lowest BCUT2D eigenvalue weighted by molar-refractivity contribution is -0.137. The molecule has 0 atom stereocenters. The molecule has 5 nitrogen and oxygen atoms in total. The van der Waals surface area contributed by atoms with Crippen molar-refractivity contribution in [3.63, 3.8) is 0 Å². The molecule has 0 heterocycles. The van der Waals surface area contributed by atoms with Crippen molar-refractivity contribution in [1.82, 2.24) is 4.90 Å². The van der Waals surface area contributed by atoms with Gasteiger partial charge in [-0.1, -0.05) is 46.1 Å². The summed E-state index contributed by atoms with van der Waals surface area (Å²) in [5, 5.41) is 9.35. The third-order valence-electron chi connectivity index (χ3n) is 2.96. The van der Waals surface area contributed by atoms with E-state index in [-0.39, 0.29) is 19.2 Å². The van der Waals surface area contributed by atoms with Crippen LogP contribution in [0.15, 0.2) is 11.8 Å². The van der Waals surface area contributed by atoms with E-state index in [1.807, 2.05) is 6.92 Å². The summed E-state index contributed by atoms with van der Waals surface area (Å²) in [5.41, 5.74) is 0.268. The van der Waals surface area contributed by atoms with Gasteiger partial charge in [0.15, 0.2) is 0 Å². The zero-order chi connectivity index (χ0) is 15.9. The molecule has 0 aromatic carbocycles. The van der Waals surface area contributed by atoms with Crippen molar-refractivity contribution in [2.45, 2.75) is 59.3 Å². The van der Waals surface area contributed by atoms with Gasteiger partial charge in [0, 0.05) is 13.2 Å². The average molecular weight is 301 g/mol. The van der Waals surface area contributed by atoms with E-state index in [1.54, 1.807) is 11.0 Å². The van der Waals surface area contributed by atoms with Crippen molar-refractivity contribution in [3.8, 4) is 0 Å². The number of hydrogen-bond acceptors (Lipinski definition) is 4. The fourth-order valence-electron chi connectivity index (χ4n) is 1.65. The van der Waals surface area contributed by atoms with Crippen molar-refractivity contribution in [2.75, 3.05) is 26.7 Å². The molecule has 0 amide bonds. The molecule has 21 heavy (non-hydrogen) atoms. The van der Waals surface area contributed by atoms with E-state index in [0.29, 0.717) is 13.2 Å². The fourth-order valence-corrected chi connectivity index (χ4v) is 1.65. The minimum absolute atomic E-state index is 0.258. The minimum Gasteiger partial charge on any atom is -0.477 e. The van der Waals surface area contributed by atoms with Crippen LogP contribution in [0, 0.1) is 0 Å². The van der Waals surface area contributed by atoms with Gasteiger partial charge >= 0.3 is 5.97 Å². The predicted molar refractivity (Wildman–Crippen MR) is 83.9 cm³/mol. The van der Waals surface area contributed by atoms with Crippen LogP contribution in [0.25, 0.3) is 0 Å². The van der Waals surface area contributed by atoms with Gasteiger partial charge in [-0.3, -0.25) is 0 Å². The SMILES string of the molecule is CCC/C=C(\C(=O)O)N(COCCCC)COCCCC. The highest BCUT2D eigenvalue weighted by Crippen LogP contribution is 2.09. The van der Waals surface area contributed by atoms with Crippen LogP contribution >= 0.6 is 0 Å². The van der Waals surface area contributed by atoms with Gasteiger partial charge in [-0.25, -0.2) is 4.79 Å². The molecule has 0 bridgehead atoms. The van der Waals surface area contributed by atoms with Gasteiger partial charge in [0.05, 0.1) is 0 Å². The molecule has 1 N–H and O–H groups in total. The number of ether oxygens (including phenoxy) is 2. The van der Waals surface area contributed by atoms with E-state index in [0.717, 1.165) is 38.5 Å².